The van der Waals surface area contributed by atoms with Gasteiger partial charge in [-0.05, 0) is 23.6 Å². The average molecular weight is 268 g/mol. The molecule has 0 aliphatic rings. The first-order valence-electron chi connectivity index (χ1n) is 6.05. The fraction of sp³-hybridized carbons (Fsp3) is 0.500. The minimum absolute atomic E-state index is 0.180. The monoisotopic (exact) mass is 268 g/mol. The van der Waals surface area contributed by atoms with Crippen molar-refractivity contribution in [2.24, 2.45) is 11.8 Å². The number of carboxylic acids is 1. The number of aliphatic carboxylic acids is 1. The highest BCUT2D eigenvalue weighted by Gasteiger charge is 2.31. The maximum Gasteiger partial charge on any atom is 0.309 e. The van der Waals surface area contributed by atoms with Crippen LogP contribution in [0.4, 0.5) is 0 Å². The molecule has 0 saturated carbocycles. The Kier molecular flexibility index (Phi) is 5.18. The van der Waals surface area contributed by atoms with Crippen LogP contribution in [0.5, 0.6) is 11.5 Å². The third kappa shape index (κ3) is 3.38. The number of carbonyl (C=O) groups is 1. The predicted octanol–water partition coefficient (Wildman–Crippen LogP) is 2.09. The topological polar surface area (TPSA) is 76.0 Å². The largest absolute Gasteiger partial charge is 0.493 e. The van der Waals surface area contributed by atoms with E-state index >= 15 is 0 Å². The van der Waals surface area contributed by atoms with Crippen LogP contribution in [0.3, 0.4) is 0 Å². The van der Waals surface area contributed by atoms with E-state index in [4.69, 9.17) is 9.47 Å². The average Bonchev–Trinajstić information content (AvgIpc) is 2.36. The zero-order chi connectivity index (χ0) is 14.6. The second kappa shape index (κ2) is 6.43. The Morgan fingerprint density at radius 2 is 1.74 bits per heavy atom. The lowest BCUT2D eigenvalue weighted by Crippen LogP contribution is -2.26. The summed E-state index contributed by atoms with van der Waals surface area (Å²) in [5, 5.41) is 19.4. The summed E-state index contributed by atoms with van der Waals surface area (Å²) in [5.41, 5.74) is 0.499. The van der Waals surface area contributed by atoms with Crippen molar-refractivity contribution in [2.75, 3.05) is 14.2 Å². The number of methoxy groups -OCH3 is 2. The molecule has 5 heteroatoms. The van der Waals surface area contributed by atoms with Crippen molar-refractivity contribution < 1.29 is 24.5 Å². The quantitative estimate of drug-likeness (QED) is 0.826. The zero-order valence-electron chi connectivity index (χ0n) is 11.6. The molecule has 1 aromatic rings. The highest BCUT2D eigenvalue weighted by Crippen LogP contribution is 2.34. The van der Waals surface area contributed by atoms with Crippen molar-refractivity contribution in [1.82, 2.24) is 0 Å². The molecule has 0 bridgehead atoms. The molecule has 2 N–H and O–H groups in total. The van der Waals surface area contributed by atoms with Gasteiger partial charge in [0.1, 0.15) is 0 Å². The van der Waals surface area contributed by atoms with E-state index in [1.807, 2.05) is 0 Å². The van der Waals surface area contributed by atoms with Gasteiger partial charge in [0, 0.05) is 0 Å². The number of hydrogen-bond donors (Lipinski definition) is 2. The Morgan fingerprint density at radius 3 is 2.16 bits per heavy atom. The fourth-order valence-corrected chi connectivity index (χ4v) is 2.03. The lowest BCUT2D eigenvalue weighted by Gasteiger charge is -2.23. The first kappa shape index (κ1) is 15.3. The van der Waals surface area contributed by atoms with Crippen LogP contribution in [-0.2, 0) is 4.79 Å². The second-order valence-corrected chi connectivity index (χ2v) is 4.67. The number of aliphatic hydroxyl groups excluding tert-OH is 1. The Hall–Kier alpha value is -1.75. The van der Waals surface area contributed by atoms with Crippen molar-refractivity contribution in [1.29, 1.82) is 0 Å². The molecule has 2 unspecified atom stereocenters. The maximum absolute atomic E-state index is 11.2. The van der Waals surface area contributed by atoms with Gasteiger partial charge in [0.2, 0.25) is 0 Å². The summed E-state index contributed by atoms with van der Waals surface area (Å²) in [4.78, 5) is 11.2. The standard InChI is InChI=1S/C14H20O5/c1-8(2)12(14(16)17)13(15)9-5-6-10(18-3)11(7-9)19-4/h5-8,12-13,15H,1-4H3,(H,16,17). The summed E-state index contributed by atoms with van der Waals surface area (Å²) >= 11 is 0. The number of carboxylic acid groups (broad SMARTS) is 1. The number of hydrogen-bond acceptors (Lipinski definition) is 4. The molecule has 0 aliphatic carbocycles. The van der Waals surface area contributed by atoms with Crippen LogP contribution in [-0.4, -0.2) is 30.4 Å². The molecular formula is C14H20O5. The smallest absolute Gasteiger partial charge is 0.309 e. The second-order valence-electron chi connectivity index (χ2n) is 4.67. The molecule has 5 nitrogen and oxygen atoms in total. The molecule has 0 fully saturated rings. The molecule has 0 saturated heterocycles. The molecule has 106 valence electrons. The van der Waals surface area contributed by atoms with Crippen LogP contribution in [0, 0.1) is 11.8 Å². The van der Waals surface area contributed by atoms with Crippen LogP contribution in [0.2, 0.25) is 0 Å². The lowest BCUT2D eigenvalue weighted by molar-refractivity contribution is -0.148. The molecule has 0 amide bonds. The van der Waals surface area contributed by atoms with Gasteiger partial charge < -0.3 is 19.7 Å². The van der Waals surface area contributed by atoms with Gasteiger partial charge in [-0.15, -0.1) is 0 Å². The number of aliphatic hydroxyl groups is 1. The maximum atomic E-state index is 11.2. The van der Waals surface area contributed by atoms with Crippen molar-refractivity contribution in [2.45, 2.75) is 20.0 Å². The van der Waals surface area contributed by atoms with Gasteiger partial charge in [0.15, 0.2) is 11.5 Å². The summed E-state index contributed by atoms with van der Waals surface area (Å²) in [7, 11) is 3.01. The van der Waals surface area contributed by atoms with E-state index in [0.29, 0.717) is 17.1 Å². The van der Waals surface area contributed by atoms with E-state index < -0.39 is 18.0 Å². The van der Waals surface area contributed by atoms with Crippen molar-refractivity contribution in [3.8, 4) is 11.5 Å². The van der Waals surface area contributed by atoms with Gasteiger partial charge in [-0.1, -0.05) is 19.9 Å². The number of ether oxygens (including phenoxy) is 2. The van der Waals surface area contributed by atoms with Gasteiger partial charge in [0.25, 0.3) is 0 Å². The zero-order valence-corrected chi connectivity index (χ0v) is 11.6. The van der Waals surface area contributed by atoms with Gasteiger partial charge >= 0.3 is 5.97 Å². The van der Waals surface area contributed by atoms with E-state index in [-0.39, 0.29) is 5.92 Å². The van der Waals surface area contributed by atoms with Crippen LogP contribution < -0.4 is 9.47 Å². The van der Waals surface area contributed by atoms with Crippen LogP contribution in [0.25, 0.3) is 0 Å². The third-order valence-corrected chi connectivity index (χ3v) is 3.09. The fourth-order valence-electron chi connectivity index (χ4n) is 2.03. The Bertz CT molecular complexity index is 441. The summed E-state index contributed by atoms with van der Waals surface area (Å²) in [6, 6.07) is 4.89. The van der Waals surface area contributed by atoms with E-state index in [1.54, 1.807) is 32.0 Å². The van der Waals surface area contributed by atoms with Crippen molar-refractivity contribution >= 4 is 5.97 Å². The lowest BCUT2D eigenvalue weighted by atomic mass is 9.86. The summed E-state index contributed by atoms with van der Waals surface area (Å²) in [6.45, 7) is 3.53. The highest BCUT2D eigenvalue weighted by molar-refractivity contribution is 5.71. The van der Waals surface area contributed by atoms with E-state index in [2.05, 4.69) is 0 Å². The molecule has 0 heterocycles. The normalized spacial score (nSPS) is 14.0. The van der Waals surface area contributed by atoms with Crippen LogP contribution in [0.1, 0.15) is 25.5 Å². The minimum Gasteiger partial charge on any atom is -0.493 e. The van der Waals surface area contributed by atoms with Gasteiger partial charge in [-0.3, -0.25) is 4.79 Å². The molecule has 0 aliphatic heterocycles. The molecule has 0 radical (unpaired) electrons. The summed E-state index contributed by atoms with van der Waals surface area (Å²) in [5.74, 6) is -1.06. The first-order valence-corrected chi connectivity index (χ1v) is 6.05. The van der Waals surface area contributed by atoms with Gasteiger partial charge in [0.05, 0.1) is 26.2 Å². The van der Waals surface area contributed by atoms with Crippen LogP contribution >= 0.6 is 0 Å². The Balaban J connectivity index is 3.11. The Labute approximate surface area is 112 Å². The molecule has 0 spiro atoms. The van der Waals surface area contributed by atoms with E-state index in [0.717, 1.165) is 0 Å². The van der Waals surface area contributed by atoms with E-state index in [1.165, 1.54) is 14.2 Å². The molecule has 1 aromatic carbocycles. The molecule has 19 heavy (non-hydrogen) atoms. The number of rotatable bonds is 6. The van der Waals surface area contributed by atoms with Crippen molar-refractivity contribution in [3.05, 3.63) is 23.8 Å². The summed E-state index contributed by atoms with van der Waals surface area (Å²) in [6.07, 6.45) is -1.09. The first-order chi connectivity index (χ1) is 8.92. The predicted molar refractivity (Wildman–Crippen MR) is 70.5 cm³/mol. The number of benzene rings is 1. The molecule has 0 aromatic heterocycles. The van der Waals surface area contributed by atoms with Crippen molar-refractivity contribution in [3.63, 3.8) is 0 Å². The molecule has 2 atom stereocenters. The molecular weight excluding hydrogens is 248 g/mol. The molecule has 1 rings (SSSR count). The third-order valence-electron chi connectivity index (χ3n) is 3.09. The Morgan fingerprint density at radius 1 is 1.16 bits per heavy atom. The van der Waals surface area contributed by atoms with E-state index in [9.17, 15) is 15.0 Å². The van der Waals surface area contributed by atoms with Crippen LogP contribution in [0.15, 0.2) is 18.2 Å². The highest BCUT2D eigenvalue weighted by atomic mass is 16.5. The SMILES string of the molecule is COc1ccc(C(O)C(C(=O)O)C(C)C)cc1OC. The van der Waals surface area contributed by atoms with Gasteiger partial charge in [-0.25, -0.2) is 0 Å². The van der Waals surface area contributed by atoms with Gasteiger partial charge in [-0.2, -0.15) is 0 Å². The minimum atomic E-state index is -1.09. The summed E-state index contributed by atoms with van der Waals surface area (Å²) < 4.78 is 10.2.